The second-order valence-electron chi connectivity index (χ2n) is 6.71. The molecular formula is C21H21FN2O3. The average molecular weight is 368 g/mol. The van der Waals surface area contributed by atoms with Crippen molar-refractivity contribution >= 4 is 17.4 Å². The maximum Gasteiger partial charge on any atom is 0.295 e. The van der Waals surface area contributed by atoms with Gasteiger partial charge in [-0.2, -0.15) is 0 Å². The molecule has 0 saturated carbocycles. The van der Waals surface area contributed by atoms with Gasteiger partial charge < -0.3 is 14.9 Å². The van der Waals surface area contributed by atoms with Gasteiger partial charge in [-0.05, 0) is 43.9 Å². The first-order valence-electron chi connectivity index (χ1n) is 8.64. The van der Waals surface area contributed by atoms with Crippen LogP contribution in [0.5, 0.6) is 0 Å². The fraction of sp³-hybridized carbons (Fsp3) is 0.238. The van der Waals surface area contributed by atoms with E-state index in [1.807, 2.05) is 49.3 Å². The van der Waals surface area contributed by atoms with Crippen molar-refractivity contribution in [1.82, 2.24) is 9.80 Å². The monoisotopic (exact) mass is 368 g/mol. The topological polar surface area (TPSA) is 60.9 Å². The fourth-order valence-corrected chi connectivity index (χ4v) is 3.16. The fourth-order valence-electron chi connectivity index (χ4n) is 3.16. The van der Waals surface area contributed by atoms with Crippen LogP contribution in [0, 0.1) is 5.82 Å². The number of nitrogens with zero attached hydrogens (tertiary/aromatic N) is 2. The summed E-state index contributed by atoms with van der Waals surface area (Å²) in [5.41, 5.74) is 1.05. The molecule has 27 heavy (non-hydrogen) atoms. The third-order valence-electron chi connectivity index (χ3n) is 4.56. The van der Waals surface area contributed by atoms with Crippen LogP contribution in [0.2, 0.25) is 0 Å². The summed E-state index contributed by atoms with van der Waals surface area (Å²) in [5.74, 6) is -2.12. The molecule has 2 aromatic carbocycles. The summed E-state index contributed by atoms with van der Waals surface area (Å²) in [7, 11) is 3.76. The van der Waals surface area contributed by atoms with Gasteiger partial charge in [0.15, 0.2) is 0 Å². The van der Waals surface area contributed by atoms with E-state index in [1.165, 1.54) is 29.2 Å². The van der Waals surface area contributed by atoms with E-state index < -0.39 is 23.5 Å². The molecule has 1 aliphatic rings. The maximum atomic E-state index is 13.2. The first kappa shape index (κ1) is 18.8. The number of hydrogen-bond acceptors (Lipinski definition) is 4. The van der Waals surface area contributed by atoms with Crippen molar-refractivity contribution in [3.05, 3.63) is 77.1 Å². The minimum atomic E-state index is -0.732. The lowest BCUT2D eigenvalue weighted by molar-refractivity contribution is -0.140. The number of likely N-dealkylation sites (tertiary alicyclic amines) is 1. The van der Waals surface area contributed by atoms with Crippen LogP contribution in [-0.2, 0) is 9.59 Å². The number of ketones is 1. The highest BCUT2D eigenvalue weighted by Gasteiger charge is 2.45. The third kappa shape index (κ3) is 3.75. The summed E-state index contributed by atoms with van der Waals surface area (Å²) in [5, 5.41) is 10.8. The van der Waals surface area contributed by atoms with Crippen LogP contribution in [0.4, 0.5) is 4.39 Å². The molecule has 6 heteroatoms. The van der Waals surface area contributed by atoms with Crippen LogP contribution < -0.4 is 0 Å². The quantitative estimate of drug-likeness (QED) is 0.501. The first-order valence-corrected chi connectivity index (χ1v) is 8.64. The number of carbonyl (C=O) groups excluding carboxylic acids is 2. The third-order valence-corrected chi connectivity index (χ3v) is 4.56. The van der Waals surface area contributed by atoms with Gasteiger partial charge in [-0.25, -0.2) is 4.39 Å². The molecule has 1 saturated heterocycles. The highest BCUT2D eigenvalue weighted by atomic mass is 19.1. The molecule has 0 bridgehead atoms. The summed E-state index contributed by atoms with van der Waals surface area (Å²) >= 11 is 0. The van der Waals surface area contributed by atoms with Crippen molar-refractivity contribution in [2.45, 2.75) is 6.04 Å². The van der Waals surface area contributed by atoms with Gasteiger partial charge in [0.25, 0.3) is 11.7 Å². The molecule has 1 amide bonds. The zero-order valence-electron chi connectivity index (χ0n) is 15.2. The van der Waals surface area contributed by atoms with Gasteiger partial charge in [0.05, 0.1) is 11.6 Å². The average Bonchev–Trinajstić information content (AvgIpc) is 2.91. The summed E-state index contributed by atoms with van der Waals surface area (Å²) < 4.78 is 13.2. The number of Topliss-reactive ketones (excluding diaryl/α,β-unsaturated/α-hetero) is 1. The van der Waals surface area contributed by atoms with Crippen molar-refractivity contribution in [3.8, 4) is 0 Å². The Kier molecular flexibility index (Phi) is 5.37. The summed E-state index contributed by atoms with van der Waals surface area (Å²) in [6.45, 7) is 0.921. The summed E-state index contributed by atoms with van der Waals surface area (Å²) in [4.78, 5) is 28.8. The number of halogens is 1. The number of rotatable bonds is 5. The summed E-state index contributed by atoms with van der Waals surface area (Å²) in [6, 6.07) is 13.6. The second-order valence-corrected chi connectivity index (χ2v) is 6.71. The Labute approximate surface area is 157 Å². The van der Waals surface area contributed by atoms with Gasteiger partial charge in [-0.3, -0.25) is 9.59 Å². The first-order chi connectivity index (χ1) is 12.9. The molecule has 0 spiro atoms. The van der Waals surface area contributed by atoms with Crippen LogP contribution in [0.15, 0.2) is 60.2 Å². The standard InChI is InChI=1S/C21H21FN2O3/c1-23(2)12-13-24-18(14-6-4-3-5-7-14)17(20(26)21(24)27)19(25)15-8-10-16(22)11-9-15/h3-11,18,25H,12-13H2,1-2H3/b19-17-. The number of carbonyl (C=O) groups is 2. The number of likely N-dealkylation sites (N-methyl/N-ethyl adjacent to an activating group) is 1. The molecular weight excluding hydrogens is 347 g/mol. The zero-order valence-corrected chi connectivity index (χ0v) is 15.2. The zero-order chi connectivity index (χ0) is 19.6. The SMILES string of the molecule is CN(C)CCN1C(=O)C(=O)/C(=C(\O)c2ccc(F)cc2)C1c1ccccc1. The molecule has 1 fully saturated rings. The minimum Gasteiger partial charge on any atom is -0.507 e. The molecule has 3 rings (SSSR count). The van der Waals surface area contributed by atoms with Gasteiger partial charge in [-0.15, -0.1) is 0 Å². The van der Waals surface area contributed by atoms with Crippen LogP contribution in [0.25, 0.3) is 5.76 Å². The molecule has 1 N–H and O–H groups in total. The molecule has 2 aromatic rings. The van der Waals surface area contributed by atoms with Crippen LogP contribution in [0.1, 0.15) is 17.2 Å². The molecule has 0 aliphatic carbocycles. The predicted octanol–water partition coefficient (Wildman–Crippen LogP) is 2.81. The Morgan fingerprint density at radius 1 is 1.07 bits per heavy atom. The van der Waals surface area contributed by atoms with Crippen LogP contribution in [0.3, 0.4) is 0 Å². The lowest BCUT2D eigenvalue weighted by atomic mass is 9.95. The van der Waals surface area contributed by atoms with E-state index in [0.717, 1.165) is 5.56 Å². The van der Waals surface area contributed by atoms with Gasteiger partial charge in [0.2, 0.25) is 0 Å². The van der Waals surface area contributed by atoms with Crippen LogP contribution >= 0.6 is 0 Å². The van der Waals surface area contributed by atoms with Gasteiger partial charge >= 0.3 is 0 Å². The van der Waals surface area contributed by atoms with E-state index in [2.05, 4.69) is 0 Å². The number of aliphatic hydroxyl groups excluding tert-OH is 1. The Morgan fingerprint density at radius 2 is 1.70 bits per heavy atom. The second kappa shape index (κ2) is 7.72. The molecule has 1 atom stereocenters. The molecule has 140 valence electrons. The molecule has 0 radical (unpaired) electrons. The van der Waals surface area contributed by atoms with Crippen molar-refractivity contribution in [2.24, 2.45) is 0 Å². The highest BCUT2D eigenvalue weighted by Crippen LogP contribution is 2.39. The molecule has 5 nitrogen and oxygen atoms in total. The predicted molar refractivity (Wildman–Crippen MR) is 100 cm³/mol. The lowest BCUT2D eigenvalue weighted by Gasteiger charge is -2.26. The molecule has 1 aliphatic heterocycles. The summed E-state index contributed by atoms with van der Waals surface area (Å²) in [6.07, 6.45) is 0. The van der Waals surface area contributed by atoms with E-state index >= 15 is 0 Å². The maximum absolute atomic E-state index is 13.2. The molecule has 0 aromatic heterocycles. The molecule has 1 heterocycles. The smallest absolute Gasteiger partial charge is 0.295 e. The largest absolute Gasteiger partial charge is 0.507 e. The minimum absolute atomic E-state index is 0.0246. The van der Waals surface area contributed by atoms with E-state index in [0.29, 0.717) is 18.7 Å². The van der Waals surface area contributed by atoms with Gasteiger partial charge in [0, 0.05) is 18.7 Å². The number of benzene rings is 2. The number of hydrogen-bond donors (Lipinski definition) is 1. The Bertz CT molecular complexity index is 876. The van der Waals surface area contributed by atoms with Crippen molar-refractivity contribution in [1.29, 1.82) is 0 Å². The Balaban J connectivity index is 2.12. The van der Waals surface area contributed by atoms with Gasteiger partial charge in [0.1, 0.15) is 11.6 Å². The molecule has 1 unspecified atom stereocenters. The van der Waals surface area contributed by atoms with E-state index in [-0.39, 0.29) is 11.3 Å². The van der Waals surface area contributed by atoms with E-state index in [1.54, 1.807) is 0 Å². The van der Waals surface area contributed by atoms with Crippen molar-refractivity contribution < 1.29 is 19.1 Å². The Morgan fingerprint density at radius 3 is 2.30 bits per heavy atom. The van der Waals surface area contributed by atoms with Crippen LogP contribution in [-0.4, -0.2) is 53.8 Å². The highest BCUT2D eigenvalue weighted by molar-refractivity contribution is 6.46. The van der Waals surface area contributed by atoms with Crippen molar-refractivity contribution in [2.75, 3.05) is 27.2 Å². The number of aliphatic hydroxyl groups is 1. The Hall–Kier alpha value is -2.99. The van der Waals surface area contributed by atoms with Crippen molar-refractivity contribution in [3.63, 3.8) is 0 Å². The lowest BCUT2D eigenvalue weighted by Crippen LogP contribution is -2.35. The number of amides is 1. The van der Waals surface area contributed by atoms with E-state index in [9.17, 15) is 19.1 Å². The van der Waals surface area contributed by atoms with E-state index in [4.69, 9.17) is 0 Å². The normalized spacial score (nSPS) is 19.1. The van der Waals surface area contributed by atoms with Gasteiger partial charge in [-0.1, -0.05) is 30.3 Å².